The van der Waals surface area contributed by atoms with Gasteiger partial charge in [0, 0.05) is 0 Å². The molecule has 0 amide bonds. The molecule has 0 aliphatic heterocycles. The smallest absolute Gasteiger partial charge is 0.270 e. The maximum atomic E-state index is 2.61. The van der Waals surface area contributed by atoms with Gasteiger partial charge in [-0.2, -0.15) is 0 Å². The van der Waals surface area contributed by atoms with Gasteiger partial charge in [-0.25, -0.2) is 0 Å². The summed E-state index contributed by atoms with van der Waals surface area (Å²) in [5.74, 6) is 1.36. The molecule has 0 saturated heterocycles. The summed E-state index contributed by atoms with van der Waals surface area (Å²) in [6.07, 6.45) is 16.5. The standard InChI is InChI=1S/C21H46N3/c1-7-9-11-13-15-17-19-24(21(22(3)4)23(5)6)20-18-16-14-12-10-8-2/h7-20H2,1-6H3/q+1. The van der Waals surface area contributed by atoms with Crippen molar-refractivity contribution in [3.8, 4) is 0 Å². The van der Waals surface area contributed by atoms with Crippen LogP contribution in [0.5, 0.6) is 0 Å². The van der Waals surface area contributed by atoms with E-state index in [1.165, 1.54) is 96.1 Å². The van der Waals surface area contributed by atoms with Gasteiger partial charge in [0.25, 0.3) is 0 Å². The third-order valence-electron chi connectivity index (χ3n) is 4.65. The van der Waals surface area contributed by atoms with E-state index in [9.17, 15) is 0 Å². The topological polar surface area (TPSA) is 9.49 Å². The van der Waals surface area contributed by atoms with E-state index in [0.29, 0.717) is 0 Å². The lowest BCUT2D eigenvalue weighted by atomic mass is 10.1. The molecule has 0 spiro atoms. The molecule has 0 rings (SSSR count). The van der Waals surface area contributed by atoms with Gasteiger partial charge in [-0.1, -0.05) is 78.1 Å². The molecule has 0 unspecified atom stereocenters. The maximum Gasteiger partial charge on any atom is 0.349 e. The number of hydrogen-bond acceptors (Lipinski definition) is 0. The largest absolute Gasteiger partial charge is 0.349 e. The molecule has 0 aromatic rings. The Morgan fingerprint density at radius 1 is 0.625 bits per heavy atom. The number of unbranched alkanes of at least 4 members (excludes halogenated alkanes) is 10. The normalized spacial score (nSPS) is 10.8. The molecule has 3 heteroatoms. The van der Waals surface area contributed by atoms with Gasteiger partial charge < -0.3 is 0 Å². The fourth-order valence-corrected chi connectivity index (χ4v) is 3.44. The van der Waals surface area contributed by atoms with E-state index in [0.717, 1.165) is 0 Å². The molecule has 3 nitrogen and oxygen atoms in total. The fraction of sp³-hybridized carbons (Fsp3) is 0.952. The summed E-state index contributed by atoms with van der Waals surface area (Å²) in [5, 5.41) is 0. The van der Waals surface area contributed by atoms with E-state index >= 15 is 0 Å². The Morgan fingerprint density at radius 2 is 1.00 bits per heavy atom. The van der Waals surface area contributed by atoms with Crippen LogP contribution >= 0.6 is 0 Å². The minimum Gasteiger partial charge on any atom is -0.270 e. The van der Waals surface area contributed by atoms with Crippen LogP contribution in [0.3, 0.4) is 0 Å². The number of hydrogen-bond donors (Lipinski definition) is 0. The zero-order valence-electron chi connectivity index (χ0n) is 17.7. The SMILES string of the molecule is CCCCCCCCN(CCCCCCCC)C(N(C)C)=[N+](C)C. The summed E-state index contributed by atoms with van der Waals surface area (Å²) >= 11 is 0. The lowest BCUT2D eigenvalue weighted by molar-refractivity contribution is -0.476. The predicted molar refractivity (Wildman–Crippen MR) is 109 cm³/mol. The lowest BCUT2D eigenvalue weighted by Crippen LogP contribution is -2.46. The van der Waals surface area contributed by atoms with Crippen molar-refractivity contribution >= 4 is 5.96 Å². The van der Waals surface area contributed by atoms with Gasteiger partial charge in [-0.3, -0.25) is 14.4 Å². The molecule has 0 bridgehead atoms. The Bertz CT molecular complexity index is 290. The van der Waals surface area contributed by atoms with Crippen LogP contribution in [0, 0.1) is 0 Å². The molecule has 0 aliphatic rings. The monoisotopic (exact) mass is 340 g/mol. The van der Waals surface area contributed by atoms with E-state index in [4.69, 9.17) is 0 Å². The van der Waals surface area contributed by atoms with Crippen LogP contribution in [-0.4, -0.2) is 61.6 Å². The van der Waals surface area contributed by atoms with Gasteiger partial charge in [-0.15, -0.1) is 0 Å². The summed E-state index contributed by atoms with van der Waals surface area (Å²) in [4.78, 5) is 4.88. The van der Waals surface area contributed by atoms with Gasteiger partial charge >= 0.3 is 5.96 Å². The highest BCUT2D eigenvalue weighted by atomic mass is 15.4. The van der Waals surface area contributed by atoms with Crippen LogP contribution in [0.15, 0.2) is 0 Å². The molecule has 0 heterocycles. The highest BCUT2D eigenvalue weighted by Crippen LogP contribution is 2.10. The molecule has 0 aliphatic carbocycles. The minimum absolute atomic E-state index is 1.20. The lowest BCUT2D eigenvalue weighted by Gasteiger charge is -2.25. The van der Waals surface area contributed by atoms with Crippen LogP contribution in [0.25, 0.3) is 0 Å². The molecule has 0 fully saturated rings. The first kappa shape index (κ1) is 23.3. The summed E-state index contributed by atoms with van der Waals surface area (Å²) < 4.78 is 2.27. The highest BCUT2D eigenvalue weighted by molar-refractivity contribution is 5.74. The molecule has 0 aromatic carbocycles. The third kappa shape index (κ3) is 11.8. The van der Waals surface area contributed by atoms with Gasteiger partial charge in [0.15, 0.2) is 0 Å². The second kappa shape index (κ2) is 15.8. The van der Waals surface area contributed by atoms with E-state index in [1.807, 2.05) is 0 Å². The van der Waals surface area contributed by atoms with Crippen molar-refractivity contribution < 1.29 is 4.58 Å². The zero-order valence-corrected chi connectivity index (χ0v) is 17.7. The molecule has 0 N–H and O–H groups in total. The quantitative estimate of drug-likeness (QED) is 0.186. The Kier molecular flexibility index (Phi) is 15.3. The van der Waals surface area contributed by atoms with Crippen molar-refractivity contribution in [2.24, 2.45) is 0 Å². The van der Waals surface area contributed by atoms with Crippen LogP contribution in [-0.2, 0) is 0 Å². The number of rotatable bonds is 14. The number of nitrogens with zero attached hydrogens (tertiary/aromatic N) is 3. The van der Waals surface area contributed by atoms with E-state index < -0.39 is 0 Å². The molecule has 0 radical (unpaired) electrons. The molecule has 0 saturated carbocycles. The Morgan fingerprint density at radius 3 is 1.33 bits per heavy atom. The number of guanidine groups is 1. The van der Waals surface area contributed by atoms with Crippen LogP contribution in [0.4, 0.5) is 0 Å². The molecule has 144 valence electrons. The molecule has 0 atom stereocenters. The second-order valence-electron chi connectivity index (χ2n) is 7.61. The summed E-state index contributed by atoms with van der Waals surface area (Å²) in [6, 6.07) is 0. The van der Waals surface area contributed by atoms with Gasteiger partial charge in [0.05, 0.1) is 41.3 Å². The van der Waals surface area contributed by atoms with Crippen molar-refractivity contribution in [1.82, 2.24) is 9.80 Å². The molecule has 0 aromatic heterocycles. The van der Waals surface area contributed by atoms with Crippen LogP contribution in [0.1, 0.15) is 90.9 Å². The Hall–Kier alpha value is -0.730. The molecule has 24 heavy (non-hydrogen) atoms. The molecular weight excluding hydrogens is 294 g/mol. The first-order valence-corrected chi connectivity index (χ1v) is 10.5. The van der Waals surface area contributed by atoms with Crippen molar-refractivity contribution in [2.75, 3.05) is 41.3 Å². The average Bonchev–Trinajstić information content (AvgIpc) is 2.52. The second-order valence-corrected chi connectivity index (χ2v) is 7.61. The van der Waals surface area contributed by atoms with Crippen molar-refractivity contribution in [2.45, 2.75) is 90.9 Å². The molecular formula is C21H46N3+. The van der Waals surface area contributed by atoms with Gasteiger partial charge in [0.1, 0.15) is 0 Å². The first-order chi connectivity index (χ1) is 11.5. The summed E-state index contributed by atoms with van der Waals surface area (Å²) in [7, 11) is 8.69. The Balaban J connectivity index is 4.32. The minimum atomic E-state index is 1.20. The summed E-state index contributed by atoms with van der Waals surface area (Å²) in [6.45, 7) is 6.98. The van der Waals surface area contributed by atoms with Crippen LogP contribution in [0.2, 0.25) is 0 Å². The predicted octanol–water partition coefficient (Wildman–Crippen LogP) is 5.20. The summed E-state index contributed by atoms with van der Waals surface area (Å²) in [5.41, 5.74) is 0. The van der Waals surface area contributed by atoms with E-state index in [2.05, 4.69) is 56.4 Å². The third-order valence-corrected chi connectivity index (χ3v) is 4.65. The van der Waals surface area contributed by atoms with Crippen molar-refractivity contribution in [1.29, 1.82) is 0 Å². The van der Waals surface area contributed by atoms with Crippen molar-refractivity contribution in [3.63, 3.8) is 0 Å². The first-order valence-electron chi connectivity index (χ1n) is 10.5. The van der Waals surface area contributed by atoms with E-state index in [1.54, 1.807) is 0 Å². The van der Waals surface area contributed by atoms with Gasteiger partial charge in [-0.05, 0) is 12.8 Å². The fourth-order valence-electron chi connectivity index (χ4n) is 3.44. The van der Waals surface area contributed by atoms with Crippen molar-refractivity contribution in [3.05, 3.63) is 0 Å². The van der Waals surface area contributed by atoms with Gasteiger partial charge in [0.2, 0.25) is 0 Å². The average molecular weight is 341 g/mol. The van der Waals surface area contributed by atoms with Crippen LogP contribution < -0.4 is 0 Å². The Labute approximate surface area is 153 Å². The highest BCUT2D eigenvalue weighted by Gasteiger charge is 2.21. The van der Waals surface area contributed by atoms with E-state index in [-0.39, 0.29) is 0 Å². The zero-order chi connectivity index (χ0) is 18.2. The maximum absolute atomic E-state index is 2.61.